The van der Waals surface area contributed by atoms with Gasteiger partial charge in [-0.15, -0.1) is 5.10 Å². The van der Waals surface area contributed by atoms with Crippen molar-refractivity contribution in [3.63, 3.8) is 0 Å². The van der Waals surface area contributed by atoms with Gasteiger partial charge in [-0.1, -0.05) is 41.6 Å². The van der Waals surface area contributed by atoms with Crippen LogP contribution in [-0.2, 0) is 17.8 Å². The highest BCUT2D eigenvalue weighted by Gasteiger charge is 2.09. The highest BCUT2D eigenvalue weighted by Crippen LogP contribution is 2.13. The molecule has 0 saturated carbocycles. The number of fused-ring (bicyclic) bond motifs is 1. The lowest BCUT2D eigenvalue weighted by Gasteiger charge is -2.08. The van der Waals surface area contributed by atoms with Gasteiger partial charge in [0.2, 0.25) is 5.91 Å². The Hall–Kier alpha value is -4.07. The number of amides is 2. The molecule has 0 spiro atoms. The first-order chi connectivity index (χ1) is 14.6. The van der Waals surface area contributed by atoms with E-state index in [9.17, 15) is 14.0 Å². The summed E-state index contributed by atoms with van der Waals surface area (Å²) in [5, 5.41) is 8.28. The molecule has 0 unspecified atom stereocenters. The molecule has 1 aromatic heterocycles. The zero-order valence-corrected chi connectivity index (χ0v) is 15.9. The molecule has 8 heteroatoms. The molecule has 1 heterocycles. The van der Waals surface area contributed by atoms with Crippen LogP contribution in [0.3, 0.4) is 0 Å². The molecule has 2 N–H and O–H groups in total. The molecule has 0 aliphatic heterocycles. The minimum absolute atomic E-state index is 0.0331. The molecule has 0 aliphatic carbocycles. The molecule has 3 aromatic carbocycles. The molecule has 4 aromatic rings. The van der Waals surface area contributed by atoms with Gasteiger partial charge in [0, 0.05) is 5.56 Å². The molecule has 0 radical (unpaired) electrons. The Morgan fingerprint density at radius 3 is 2.33 bits per heavy atom. The van der Waals surface area contributed by atoms with Crippen LogP contribution in [-0.4, -0.2) is 26.8 Å². The number of para-hydroxylation sites is 1. The lowest BCUT2D eigenvalue weighted by molar-refractivity contribution is -0.121. The maximum absolute atomic E-state index is 12.9. The third-order valence-corrected chi connectivity index (χ3v) is 4.56. The van der Waals surface area contributed by atoms with E-state index in [1.165, 1.54) is 24.3 Å². The van der Waals surface area contributed by atoms with E-state index in [-0.39, 0.29) is 12.2 Å². The number of aromatic nitrogens is 3. The molecule has 2 amide bonds. The van der Waals surface area contributed by atoms with Gasteiger partial charge in [0.15, 0.2) is 0 Å². The molecule has 0 fully saturated rings. The average molecular weight is 403 g/mol. The van der Waals surface area contributed by atoms with Crippen LogP contribution in [0.25, 0.3) is 11.0 Å². The molecular weight excluding hydrogens is 385 g/mol. The standard InChI is InChI=1S/C22H18FN5O2/c23-18-11-7-15(8-12-18)13-21(29)25-26-22(30)17-9-5-16(6-10-17)14-28-20-4-2-1-3-19(20)24-27-28/h1-12H,13-14H2,(H,25,29)(H,26,30). The van der Waals surface area contributed by atoms with Gasteiger partial charge in [0.1, 0.15) is 11.3 Å². The zero-order valence-electron chi connectivity index (χ0n) is 15.9. The number of hydrogen-bond donors (Lipinski definition) is 2. The molecule has 4 rings (SSSR count). The molecule has 7 nitrogen and oxygen atoms in total. The number of nitrogens with zero attached hydrogens (tertiary/aromatic N) is 3. The second-order valence-corrected chi connectivity index (χ2v) is 6.74. The molecule has 0 aliphatic rings. The van der Waals surface area contributed by atoms with Gasteiger partial charge in [-0.3, -0.25) is 20.4 Å². The molecule has 150 valence electrons. The first-order valence-electron chi connectivity index (χ1n) is 9.29. The number of hydrazine groups is 1. The minimum Gasteiger partial charge on any atom is -0.273 e. The fraction of sp³-hybridized carbons (Fsp3) is 0.0909. The quantitative estimate of drug-likeness (QED) is 0.502. The van der Waals surface area contributed by atoms with Crippen molar-refractivity contribution in [2.24, 2.45) is 0 Å². The number of carbonyl (C=O) groups excluding carboxylic acids is 2. The van der Waals surface area contributed by atoms with Gasteiger partial charge in [0.25, 0.3) is 5.91 Å². The highest BCUT2D eigenvalue weighted by molar-refractivity contribution is 5.95. The number of carbonyl (C=O) groups is 2. The first kappa shape index (κ1) is 19.3. The molecule has 0 bridgehead atoms. The molecule has 30 heavy (non-hydrogen) atoms. The summed E-state index contributed by atoms with van der Waals surface area (Å²) in [5.74, 6) is -1.20. The first-order valence-corrected chi connectivity index (χ1v) is 9.29. The van der Waals surface area contributed by atoms with Crippen LogP contribution in [0, 0.1) is 5.82 Å². The van der Waals surface area contributed by atoms with Crippen molar-refractivity contribution in [3.8, 4) is 0 Å². The number of benzene rings is 3. The summed E-state index contributed by atoms with van der Waals surface area (Å²) in [7, 11) is 0. The summed E-state index contributed by atoms with van der Waals surface area (Å²) in [5.41, 5.74) is 8.51. The Labute approximate surface area is 171 Å². The van der Waals surface area contributed by atoms with Gasteiger partial charge in [-0.2, -0.15) is 0 Å². The van der Waals surface area contributed by atoms with Crippen LogP contribution in [0.1, 0.15) is 21.5 Å². The fourth-order valence-corrected chi connectivity index (χ4v) is 3.00. The van der Waals surface area contributed by atoms with Crippen molar-refractivity contribution in [3.05, 3.63) is 95.3 Å². The van der Waals surface area contributed by atoms with Crippen LogP contribution < -0.4 is 10.9 Å². The van der Waals surface area contributed by atoms with E-state index in [0.29, 0.717) is 17.7 Å². The van der Waals surface area contributed by atoms with E-state index in [2.05, 4.69) is 21.2 Å². The average Bonchev–Trinajstić information content (AvgIpc) is 3.17. The Kier molecular flexibility index (Phi) is 5.47. The lowest BCUT2D eigenvalue weighted by atomic mass is 10.1. The number of rotatable bonds is 5. The van der Waals surface area contributed by atoms with Crippen LogP contribution in [0.2, 0.25) is 0 Å². The Bertz CT molecular complexity index is 1190. The van der Waals surface area contributed by atoms with E-state index in [4.69, 9.17) is 0 Å². The smallest absolute Gasteiger partial charge is 0.269 e. The lowest BCUT2D eigenvalue weighted by Crippen LogP contribution is -2.42. The Balaban J connectivity index is 1.32. The van der Waals surface area contributed by atoms with Crippen molar-refractivity contribution in [2.75, 3.05) is 0 Å². The summed E-state index contributed by atoms with van der Waals surface area (Å²) < 4.78 is 14.7. The fourth-order valence-electron chi connectivity index (χ4n) is 3.00. The summed E-state index contributed by atoms with van der Waals surface area (Å²) in [6.45, 7) is 0.525. The Morgan fingerprint density at radius 2 is 1.57 bits per heavy atom. The topological polar surface area (TPSA) is 88.9 Å². The van der Waals surface area contributed by atoms with Gasteiger partial charge in [-0.25, -0.2) is 9.07 Å². The molecular formula is C22H18FN5O2. The predicted molar refractivity (Wildman–Crippen MR) is 109 cm³/mol. The molecule has 0 atom stereocenters. The van der Waals surface area contributed by atoms with Crippen molar-refractivity contribution in [1.82, 2.24) is 25.8 Å². The van der Waals surface area contributed by atoms with Gasteiger partial charge >= 0.3 is 0 Å². The summed E-state index contributed by atoms with van der Waals surface area (Å²) in [4.78, 5) is 24.2. The van der Waals surface area contributed by atoms with Crippen molar-refractivity contribution in [1.29, 1.82) is 0 Å². The van der Waals surface area contributed by atoms with E-state index >= 15 is 0 Å². The van der Waals surface area contributed by atoms with Crippen molar-refractivity contribution >= 4 is 22.8 Å². The summed E-state index contributed by atoms with van der Waals surface area (Å²) >= 11 is 0. The van der Waals surface area contributed by atoms with Crippen molar-refractivity contribution < 1.29 is 14.0 Å². The van der Waals surface area contributed by atoms with Crippen LogP contribution >= 0.6 is 0 Å². The van der Waals surface area contributed by atoms with Gasteiger partial charge in [-0.05, 0) is 47.5 Å². The third kappa shape index (κ3) is 4.49. The zero-order chi connectivity index (χ0) is 20.9. The third-order valence-electron chi connectivity index (χ3n) is 4.56. The SMILES string of the molecule is O=C(Cc1ccc(F)cc1)NNC(=O)c1ccc(Cn2nnc3ccccc32)cc1. The van der Waals surface area contributed by atoms with Crippen LogP contribution in [0.4, 0.5) is 4.39 Å². The maximum Gasteiger partial charge on any atom is 0.269 e. The summed E-state index contributed by atoms with van der Waals surface area (Å²) in [6.07, 6.45) is 0.0331. The number of halogens is 1. The monoisotopic (exact) mass is 403 g/mol. The molecule has 0 saturated heterocycles. The Morgan fingerprint density at radius 1 is 0.867 bits per heavy atom. The second-order valence-electron chi connectivity index (χ2n) is 6.74. The highest BCUT2D eigenvalue weighted by atomic mass is 19.1. The normalized spacial score (nSPS) is 10.7. The van der Waals surface area contributed by atoms with Crippen LogP contribution in [0.5, 0.6) is 0 Å². The van der Waals surface area contributed by atoms with Crippen molar-refractivity contribution in [2.45, 2.75) is 13.0 Å². The largest absolute Gasteiger partial charge is 0.273 e. The second kappa shape index (κ2) is 8.52. The van der Waals surface area contributed by atoms with E-state index in [1.807, 2.05) is 36.4 Å². The number of nitrogens with one attached hydrogen (secondary N) is 2. The number of hydrogen-bond acceptors (Lipinski definition) is 4. The summed E-state index contributed by atoms with van der Waals surface area (Å²) in [6, 6.07) is 20.3. The predicted octanol–water partition coefficient (Wildman–Crippen LogP) is 2.62. The maximum atomic E-state index is 12.9. The van der Waals surface area contributed by atoms with E-state index in [0.717, 1.165) is 16.6 Å². The van der Waals surface area contributed by atoms with Gasteiger partial charge < -0.3 is 0 Å². The van der Waals surface area contributed by atoms with E-state index < -0.39 is 11.8 Å². The minimum atomic E-state index is -0.430. The van der Waals surface area contributed by atoms with E-state index in [1.54, 1.807) is 16.8 Å². The van der Waals surface area contributed by atoms with Gasteiger partial charge in [0.05, 0.1) is 18.5 Å². The van der Waals surface area contributed by atoms with Crippen LogP contribution in [0.15, 0.2) is 72.8 Å².